The SMILES string of the molecule is CC.CCC1CN(c2cncc3ccccc23)C=CN1CCC(NC(=O)OC(C)(C)C)c1ccccc1. The molecule has 1 aliphatic heterocycles. The van der Waals surface area contributed by atoms with E-state index in [1.807, 2.05) is 71.3 Å². The minimum Gasteiger partial charge on any atom is -0.444 e. The standard InChI is InChI=1S/C29H36N4O2.C2H6/c1-5-24-21-33(27-20-30-19-23-13-9-10-14-25(23)27)18-17-32(24)16-15-26(22-11-7-6-8-12-22)31-28(34)35-29(2,3)4;1-2/h6-14,17-20,24,26H,5,15-16,21H2,1-4H3,(H,31,34);1-2H3. The summed E-state index contributed by atoms with van der Waals surface area (Å²) in [6.45, 7) is 13.6. The predicted molar refractivity (Wildman–Crippen MR) is 154 cm³/mol. The van der Waals surface area contributed by atoms with Gasteiger partial charge in [0.1, 0.15) is 5.60 Å². The molecule has 198 valence electrons. The van der Waals surface area contributed by atoms with Gasteiger partial charge in [-0.1, -0.05) is 75.4 Å². The number of ether oxygens (including phenoxy) is 1. The summed E-state index contributed by atoms with van der Waals surface area (Å²) in [4.78, 5) is 21.7. The van der Waals surface area contributed by atoms with Crippen molar-refractivity contribution in [3.8, 4) is 0 Å². The van der Waals surface area contributed by atoms with Crippen molar-refractivity contribution >= 4 is 22.6 Å². The third-order valence-corrected chi connectivity index (χ3v) is 6.31. The Balaban J connectivity index is 0.00000186. The number of hydrogen-bond donors (Lipinski definition) is 1. The largest absolute Gasteiger partial charge is 0.444 e. The number of hydrogen-bond acceptors (Lipinski definition) is 5. The minimum atomic E-state index is -0.534. The Morgan fingerprint density at radius 1 is 1.05 bits per heavy atom. The van der Waals surface area contributed by atoms with Crippen LogP contribution in [-0.2, 0) is 4.74 Å². The molecule has 0 aliphatic carbocycles. The highest BCUT2D eigenvalue weighted by molar-refractivity contribution is 5.93. The van der Waals surface area contributed by atoms with Crippen LogP contribution in [0.2, 0.25) is 0 Å². The first-order valence-electron chi connectivity index (χ1n) is 13.4. The van der Waals surface area contributed by atoms with Crippen LogP contribution in [0.5, 0.6) is 0 Å². The molecule has 2 aromatic carbocycles. The Bertz CT molecular complexity index is 1150. The maximum atomic E-state index is 12.5. The summed E-state index contributed by atoms with van der Waals surface area (Å²) in [6.07, 6.45) is 9.60. The lowest BCUT2D eigenvalue weighted by atomic mass is 10.0. The lowest BCUT2D eigenvalue weighted by Gasteiger charge is -2.39. The van der Waals surface area contributed by atoms with Crippen LogP contribution in [0, 0.1) is 0 Å². The molecule has 6 heteroatoms. The van der Waals surface area contributed by atoms with Gasteiger partial charge >= 0.3 is 6.09 Å². The first kappa shape index (κ1) is 28.0. The van der Waals surface area contributed by atoms with Crippen LogP contribution in [0.4, 0.5) is 10.5 Å². The quantitative estimate of drug-likeness (QED) is 0.368. The highest BCUT2D eigenvalue weighted by atomic mass is 16.6. The van der Waals surface area contributed by atoms with Crippen molar-refractivity contribution < 1.29 is 9.53 Å². The average Bonchev–Trinajstić information content (AvgIpc) is 2.91. The van der Waals surface area contributed by atoms with E-state index in [2.05, 4.69) is 69.8 Å². The van der Waals surface area contributed by atoms with E-state index in [1.54, 1.807) is 0 Å². The lowest BCUT2D eigenvalue weighted by molar-refractivity contribution is 0.0498. The Morgan fingerprint density at radius 2 is 1.76 bits per heavy atom. The van der Waals surface area contributed by atoms with Gasteiger partial charge < -0.3 is 19.9 Å². The van der Waals surface area contributed by atoms with Gasteiger partial charge in [0.15, 0.2) is 0 Å². The van der Waals surface area contributed by atoms with E-state index in [0.717, 1.165) is 42.6 Å². The molecule has 2 unspecified atom stereocenters. The molecule has 2 heterocycles. The number of amides is 1. The first-order chi connectivity index (χ1) is 17.8. The summed E-state index contributed by atoms with van der Waals surface area (Å²) < 4.78 is 5.53. The van der Waals surface area contributed by atoms with Crippen molar-refractivity contribution in [2.45, 2.75) is 72.1 Å². The second kappa shape index (κ2) is 13.1. The Hall–Kier alpha value is -3.54. The molecule has 0 saturated heterocycles. The molecule has 1 N–H and O–H groups in total. The van der Waals surface area contributed by atoms with E-state index in [4.69, 9.17) is 4.74 Å². The number of aromatic nitrogens is 1. The second-order valence-electron chi connectivity index (χ2n) is 10.0. The first-order valence-corrected chi connectivity index (χ1v) is 13.4. The maximum absolute atomic E-state index is 12.5. The highest BCUT2D eigenvalue weighted by Gasteiger charge is 2.25. The number of anilines is 1. The average molecular weight is 503 g/mol. The van der Waals surface area contributed by atoms with Crippen LogP contribution in [0.15, 0.2) is 79.4 Å². The van der Waals surface area contributed by atoms with Crippen LogP contribution in [-0.4, -0.2) is 40.7 Å². The molecule has 3 aromatic rings. The second-order valence-corrected chi connectivity index (χ2v) is 10.0. The Labute approximate surface area is 222 Å². The normalized spacial score (nSPS) is 16.1. The van der Waals surface area contributed by atoms with Gasteiger partial charge in [0.05, 0.1) is 17.9 Å². The van der Waals surface area contributed by atoms with E-state index in [-0.39, 0.29) is 12.1 Å². The van der Waals surface area contributed by atoms with E-state index < -0.39 is 5.60 Å². The number of fused-ring (bicyclic) bond motifs is 1. The number of rotatable bonds is 7. The van der Waals surface area contributed by atoms with Crippen molar-refractivity contribution in [1.82, 2.24) is 15.2 Å². The van der Waals surface area contributed by atoms with E-state index in [9.17, 15) is 4.79 Å². The van der Waals surface area contributed by atoms with Crippen molar-refractivity contribution in [2.24, 2.45) is 0 Å². The summed E-state index contributed by atoms with van der Waals surface area (Å²) >= 11 is 0. The van der Waals surface area contributed by atoms with Crippen LogP contribution >= 0.6 is 0 Å². The van der Waals surface area contributed by atoms with Crippen LogP contribution < -0.4 is 10.2 Å². The third-order valence-electron chi connectivity index (χ3n) is 6.31. The van der Waals surface area contributed by atoms with Gasteiger partial charge in [-0.15, -0.1) is 0 Å². The summed E-state index contributed by atoms with van der Waals surface area (Å²) in [5.74, 6) is 0. The fourth-order valence-electron chi connectivity index (χ4n) is 4.54. The van der Waals surface area contributed by atoms with Gasteiger partial charge in [-0.25, -0.2) is 4.79 Å². The number of carbonyl (C=O) groups is 1. The van der Waals surface area contributed by atoms with Gasteiger partial charge in [0.25, 0.3) is 0 Å². The summed E-state index contributed by atoms with van der Waals surface area (Å²) in [6, 6.07) is 18.7. The van der Waals surface area contributed by atoms with Gasteiger partial charge in [-0.05, 0) is 39.2 Å². The predicted octanol–water partition coefficient (Wildman–Crippen LogP) is 7.29. The molecule has 1 aliphatic rings. The van der Waals surface area contributed by atoms with E-state index in [0.29, 0.717) is 6.04 Å². The molecule has 0 spiro atoms. The van der Waals surface area contributed by atoms with Gasteiger partial charge in [-0.2, -0.15) is 0 Å². The number of alkyl carbamates (subject to hydrolysis) is 1. The van der Waals surface area contributed by atoms with Crippen LogP contribution in [0.3, 0.4) is 0 Å². The van der Waals surface area contributed by atoms with E-state index in [1.165, 1.54) is 5.39 Å². The third kappa shape index (κ3) is 7.72. The zero-order valence-corrected chi connectivity index (χ0v) is 23.1. The zero-order chi connectivity index (χ0) is 26.8. The monoisotopic (exact) mass is 502 g/mol. The molecule has 1 amide bonds. The molecule has 37 heavy (non-hydrogen) atoms. The fraction of sp³-hybridized carbons (Fsp3) is 0.419. The topological polar surface area (TPSA) is 57.7 Å². The molecule has 0 radical (unpaired) electrons. The van der Waals surface area contributed by atoms with Gasteiger partial charge in [-0.3, -0.25) is 4.98 Å². The molecular formula is C31H42N4O2. The molecule has 0 bridgehead atoms. The van der Waals surface area contributed by atoms with Gasteiger partial charge in [0, 0.05) is 48.5 Å². The Morgan fingerprint density at radius 3 is 2.46 bits per heavy atom. The molecule has 6 nitrogen and oxygen atoms in total. The smallest absolute Gasteiger partial charge is 0.408 e. The number of nitrogens with one attached hydrogen (secondary N) is 1. The number of carbonyl (C=O) groups excluding carboxylic acids is 1. The number of benzene rings is 2. The molecule has 0 fully saturated rings. The molecule has 1 aromatic heterocycles. The number of nitrogens with zero attached hydrogens (tertiary/aromatic N) is 3. The van der Waals surface area contributed by atoms with Crippen molar-refractivity contribution in [1.29, 1.82) is 0 Å². The molecule has 4 rings (SSSR count). The highest BCUT2D eigenvalue weighted by Crippen LogP contribution is 2.29. The van der Waals surface area contributed by atoms with Crippen molar-refractivity contribution in [2.75, 3.05) is 18.0 Å². The zero-order valence-electron chi connectivity index (χ0n) is 23.1. The molecular weight excluding hydrogens is 460 g/mol. The summed E-state index contributed by atoms with van der Waals surface area (Å²) in [5, 5.41) is 5.44. The summed E-state index contributed by atoms with van der Waals surface area (Å²) in [7, 11) is 0. The minimum absolute atomic E-state index is 0.128. The molecule has 2 atom stereocenters. The Kier molecular flexibility index (Phi) is 9.95. The van der Waals surface area contributed by atoms with Crippen LogP contribution in [0.1, 0.15) is 66.0 Å². The van der Waals surface area contributed by atoms with Crippen LogP contribution in [0.25, 0.3) is 10.8 Å². The van der Waals surface area contributed by atoms with Gasteiger partial charge in [0.2, 0.25) is 0 Å². The van der Waals surface area contributed by atoms with Crippen molar-refractivity contribution in [3.63, 3.8) is 0 Å². The van der Waals surface area contributed by atoms with Crippen molar-refractivity contribution in [3.05, 3.63) is 85.0 Å². The maximum Gasteiger partial charge on any atom is 0.408 e. The number of pyridine rings is 1. The lowest BCUT2D eigenvalue weighted by Crippen LogP contribution is -2.45. The van der Waals surface area contributed by atoms with E-state index >= 15 is 0 Å². The fourth-order valence-corrected chi connectivity index (χ4v) is 4.54. The molecule has 0 saturated carbocycles. The summed E-state index contributed by atoms with van der Waals surface area (Å²) in [5.41, 5.74) is 1.68.